The van der Waals surface area contributed by atoms with Crippen molar-refractivity contribution in [2.75, 3.05) is 7.05 Å². The zero-order valence-corrected chi connectivity index (χ0v) is 4.33. The molecule has 0 bridgehead atoms. The van der Waals surface area contributed by atoms with Gasteiger partial charge in [-0.15, -0.1) is 0 Å². The molecule has 0 radical (unpaired) electrons. The van der Waals surface area contributed by atoms with Crippen molar-refractivity contribution >= 4 is 12.4 Å². The van der Waals surface area contributed by atoms with Crippen molar-refractivity contribution in [1.82, 2.24) is 0 Å². The van der Waals surface area contributed by atoms with E-state index in [1.165, 1.54) is 6.20 Å². The van der Waals surface area contributed by atoms with Gasteiger partial charge in [-0.1, -0.05) is 6.58 Å². The van der Waals surface area contributed by atoms with Crippen LogP contribution in [0.25, 0.3) is 0 Å². The molecular weight excluding hydrogens is 88.1 g/mol. The first-order valence-electron chi connectivity index (χ1n) is 1.96. The van der Waals surface area contributed by atoms with Gasteiger partial charge in [-0.25, -0.2) is 0 Å². The lowest BCUT2D eigenvalue weighted by Gasteiger charge is -1.66. The summed E-state index contributed by atoms with van der Waals surface area (Å²) in [7, 11) is 1.69. The molecular formula is C5H8N2. The molecule has 38 valence electrons. The molecule has 0 aliphatic heterocycles. The Morgan fingerprint density at radius 2 is 2.14 bits per heavy atom. The van der Waals surface area contributed by atoms with Gasteiger partial charge in [0.25, 0.3) is 0 Å². The average molecular weight is 96.1 g/mol. The number of hydrogen-bond donors (Lipinski definition) is 0. The molecule has 7 heavy (non-hydrogen) atoms. The number of nitrogens with zero attached hydrogens (tertiary/aromatic N) is 2. The average Bonchev–Trinajstić information content (AvgIpc) is 1.69. The summed E-state index contributed by atoms with van der Waals surface area (Å²) < 4.78 is 0. The molecule has 0 atom stereocenters. The van der Waals surface area contributed by atoms with Gasteiger partial charge in [0, 0.05) is 25.7 Å². The molecule has 0 saturated heterocycles. The maximum absolute atomic E-state index is 3.65. The van der Waals surface area contributed by atoms with E-state index in [1.54, 1.807) is 19.5 Å². The van der Waals surface area contributed by atoms with Crippen LogP contribution in [-0.2, 0) is 0 Å². The Balaban J connectivity index is 3.27. The second-order valence-corrected chi connectivity index (χ2v) is 0.888. The third-order valence-electron chi connectivity index (χ3n) is 0.407. The van der Waals surface area contributed by atoms with Gasteiger partial charge in [-0.05, 0) is 0 Å². The Labute approximate surface area is 43.3 Å². The molecule has 0 aromatic heterocycles. The second kappa shape index (κ2) is 5.08. The molecule has 0 N–H and O–H groups in total. The van der Waals surface area contributed by atoms with Crippen LogP contribution in [0.15, 0.2) is 22.8 Å². The molecule has 2 nitrogen and oxygen atoms in total. The summed E-state index contributed by atoms with van der Waals surface area (Å²) in [6, 6.07) is 0. The van der Waals surface area contributed by atoms with E-state index in [-0.39, 0.29) is 0 Å². The summed E-state index contributed by atoms with van der Waals surface area (Å²) in [6.07, 6.45) is 4.64. The van der Waals surface area contributed by atoms with Gasteiger partial charge in [0.2, 0.25) is 0 Å². The number of rotatable bonds is 2. The molecule has 2 heteroatoms. The highest BCUT2D eigenvalue weighted by Crippen LogP contribution is 1.58. The molecule has 0 amide bonds. The van der Waals surface area contributed by atoms with Crippen LogP contribution < -0.4 is 0 Å². The zero-order valence-electron chi connectivity index (χ0n) is 4.33. The van der Waals surface area contributed by atoms with Crippen molar-refractivity contribution in [1.29, 1.82) is 0 Å². The van der Waals surface area contributed by atoms with Crippen LogP contribution in [0.2, 0.25) is 0 Å². The van der Waals surface area contributed by atoms with Crippen LogP contribution in [0.4, 0.5) is 0 Å². The van der Waals surface area contributed by atoms with Crippen LogP contribution in [0.5, 0.6) is 0 Å². The van der Waals surface area contributed by atoms with Crippen LogP contribution in [-0.4, -0.2) is 19.5 Å². The molecule has 0 saturated carbocycles. The Morgan fingerprint density at radius 1 is 1.43 bits per heavy atom. The first-order valence-corrected chi connectivity index (χ1v) is 1.96. The lowest BCUT2D eigenvalue weighted by Crippen LogP contribution is -1.69. The van der Waals surface area contributed by atoms with E-state index in [1.807, 2.05) is 0 Å². The van der Waals surface area contributed by atoms with Gasteiger partial charge in [-0.3, -0.25) is 9.98 Å². The first-order chi connectivity index (χ1) is 3.41. The molecule has 0 unspecified atom stereocenters. The van der Waals surface area contributed by atoms with E-state index < -0.39 is 0 Å². The monoisotopic (exact) mass is 96.1 g/mol. The molecule has 0 aromatic rings. The molecule has 0 heterocycles. The van der Waals surface area contributed by atoms with Crippen molar-refractivity contribution in [3.8, 4) is 0 Å². The molecule has 0 aliphatic rings. The Kier molecular flexibility index (Phi) is 4.41. The number of aliphatic imine (C=N–C) groups is 2. The standard InChI is InChI=1S/C5H8N2/c1-3-7-5-4-6-2/h3-5H,1H2,2H3/b6-4-,7-5-. The highest BCUT2D eigenvalue weighted by Gasteiger charge is 1.53. The Morgan fingerprint density at radius 3 is 2.57 bits per heavy atom. The van der Waals surface area contributed by atoms with Crippen LogP contribution >= 0.6 is 0 Å². The predicted molar refractivity (Wildman–Crippen MR) is 33.1 cm³/mol. The van der Waals surface area contributed by atoms with E-state index in [0.717, 1.165) is 0 Å². The maximum Gasteiger partial charge on any atom is 0.0446 e. The van der Waals surface area contributed by atoms with Crippen LogP contribution in [0, 0.1) is 0 Å². The minimum Gasteiger partial charge on any atom is -0.295 e. The summed E-state index contributed by atoms with van der Waals surface area (Å²) in [6.45, 7) is 3.37. The van der Waals surface area contributed by atoms with Gasteiger partial charge < -0.3 is 0 Å². The molecule has 0 rings (SSSR count). The predicted octanol–water partition coefficient (Wildman–Crippen LogP) is 0.901. The minimum atomic E-state index is 1.46. The van der Waals surface area contributed by atoms with Crippen LogP contribution in [0.3, 0.4) is 0 Å². The van der Waals surface area contributed by atoms with E-state index in [9.17, 15) is 0 Å². The summed E-state index contributed by atoms with van der Waals surface area (Å²) in [5, 5.41) is 0. The third-order valence-corrected chi connectivity index (χ3v) is 0.407. The molecule has 0 aromatic carbocycles. The Bertz CT molecular complexity index is 92.3. The molecule has 0 spiro atoms. The van der Waals surface area contributed by atoms with Gasteiger partial charge in [-0.2, -0.15) is 0 Å². The summed E-state index contributed by atoms with van der Waals surface area (Å²) in [5.74, 6) is 0. The first kappa shape index (κ1) is 6.08. The van der Waals surface area contributed by atoms with Gasteiger partial charge >= 0.3 is 0 Å². The molecule has 0 fully saturated rings. The normalized spacial score (nSPS) is 11.0. The van der Waals surface area contributed by atoms with Crippen LogP contribution in [0.1, 0.15) is 0 Å². The van der Waals surface area contributed by atoms with Crippen molar-refractivity contribution in [3.05, 3.63) is 12.8 Å². The third kappa shape index (κ3) is 5.08. The second-order valence-electron chi connectivity index (χ2n) is 0.888. The maximum atomic E-state index is 3.65. The number of hydrogen-bond acceptors (Lipinski definition) is 2. The van der Waals surface area contributed by atoms with E-state index in [2.05, 4.69) is 16.6 Å². The van der Waals surface area contributed by atoms with E-state index in [0.29, 0.717) is 0 Å². The molecule has 0 aliphatic carbocycles. The summed E-state index contributed by atoms with van der Waals surface area (Å²) in [5.41, 5.74) is 0. The highest BCUT2D eigenvalue weighted by atomic mass is 14.7. The van der Waals surface area contributed by atoms with Crippen molar-refractivity contribution in [2.45, 2.75) is 0 Å². The minimum absolute atomic E-state index is 1.46. The fourth-order valence-electron chi connectivity index (χ4n) is 0.166. The quantitative estimate of drug-likeness (QED) is 0.456. The highest BCUT2D eigenvalue weighted by molar-refractivity contribution is 6.16. The van der Waals surface area contributed by atoms with E-state index >= 15 is 0 Å². The fourth-order valence-corrected chi connectivity index (χ4v) is 0.166. The smallest absolute Gasteiger partial charge is 0.0446 e. The zero-order chi connectivity index (χ0) is 5.54. The topological polar surface area (TPSA) is 24.7 Å². The fraction of sp³-hybridized carbons (Fsp3) is 0.200. The van der Waals surface area contributed by atoms with Gasteiger partial charge in [0.05, 0.1) is 0 Å². The van der Waals surface area contributed by atoms with E-state index in [4.69, 9.17) is 0 Å². The van der Waals surface area contributed by atoms with Gasteiger partial charge in [0.1, 0.15) is 0 Å². The Hall–Kier alpha value is -0.920. The van der Waals surface area contributed by atoms with Gasteiger partial charge in [0.15, 0.2) is 0 Å². The van der Waals surface area contributed by atoms with Crippen molar-refractivity contribution in [2.24, 2.45) is 9.98 Å². The SMILES string of the molecule is C=C/N=C\C=N/C. The summed E-state index contributed by atoms with van der Waals surface area (Å²) >= 11 is 0. The lowest BCUT2D eigenvalue weighted by molar-refractivity contribution is 1.48. The lowest BCUT2D eigenvalue weighted by atomic mass is 10.8. The van der Waals surface area contributed by atoms with Crippen molar-refractivity contribution < 1.29 is 0 Å². The van der Waals surface area contributed by atoms with Crippen molar-refractivity contribution in [3.63, 3.8) is 0 Å². The largest absolute Gasteiger partial charge is 0.295 e. The summed E-state index contributed by atoms with van der Waals surface area (Å²) in [4.78, 5) is 7.30.